The van der Waals surface area contributed by atoms with Gasteiger partial charge in [0.15, 0.2) is 5.82 Å². The fourth-order valence-electron chi connectivity index (χ4n) is 2.93. The molecule has 35 heavy (non-hydrogen) atoms. The van der Waals surface area contributed by atoms with Crippen molar-refractivity contribution in [1.82, 2.24) is 4.98 Å². The summed E-state index contributed by atoms with van der Waals surface area (Å²) >= 11 is 0. The van der Waals surface area contributed by atoms with Gasteiger partial charge in [-0.25, -0.2) is 4.98 Å². The predicted molar refractivity (Wildman–Crippen MR) is 123 cm³/mol. The van der Waals surface area contributed by atoms with Crippen molar-refractivity contribution < 1.29 is 26.5 Å². The molecule has 184 valence electrons. The highest BCUT2D eigenvalue weighted by atomic mass is 32.2. The van der Waals surface area contributed by atoms with E-state index in [9.17, 15) is 31.7 Å². The number of hydrogen-bond acceptors (Lipinski definition) is 8. The van der Waals surface area contributed by atoms with E-state index in [1.165, 1.54) is 22.9 Å². The van der Waals surface area contributed by atoms with Crippen molar-refractivity contribution in [2.75, 3.05) is 16.2 Å². The average Bonchev–Trinajstić information content (AvgIpc) is 2.81. The van der Waals surface area contributed by atoms with E-state index in [4.69, 9.17) is 0 Å². The number of benzene rings is 2. The van der Waals surface area contributed by atoms with Gasteiger partial charge >= 0.3 is 15.5 Å². The molecule has 0 atom stereocenters. The third-order valence-electron chi connectivity index (χ3n) is 4.70. The predicted octanol–water partition coefficient (Wildman–Crippen LogP) is 5.69. The number of aromatic nitrogens is 1. The largest absolute Gasteiger partial charge is 0.516 e. The van der Waals surface area contributed by atoms with Crippen LogP contribution in [0.2, 0.25) is 0 Å². The van der Waals surface area contributed by atoms with E-state index < -0.39 is 26.1 Å². The third-order valence-corrected chi connectivity index (χ3v) is 5.79. The summed E-state index contributed by atoms with van der Waals surface area (Å²) in [6.45, 7) is 2.75. The smallest absolute Gasteiger partial charge is 0.367 e. The maximum absolute atomic E-state index is 13.0. The first-order valence-electron chi connectivity index (χ1n) is 10.0. The molecule has 0 spiro atoms. The zero-order valence-electron chi connectivity index (χ0n) is 18.2. The van der Waals surface area contributed by atoms with Gasteiger partial charge in [0.05, 0.1) is 10.6 Å². The molecule has 1 heterocycles. The first-order valence-corrected chi connectivity index (χ1v) is 11.5. The van der Waals surface area contributed by atoms with Crippen LogP contribution >= 0.6 is 0 Å². The molecule has 14 heteroatoms. The van der Waals surface area contributed by atoms with Crippen LogP contribution in [-0.2, 0) is 16.6 Å². The second-order valence-corrected chi connectivity index (χ2v) is 8.76. The van der Waals surface area contributed by atoms with Gasteiger partial charge in [-0.2, -0.15) is 21.6 Å². The number of hydrogen-bond donors (Lipinski definition) is 1. The van der Waals surface area contributed by atoms with Crippen molar-refractivity contribution >= 4 is 38.6 Å². The van der Waals surface area contributed by atoms with Crippen LogP contribution in [0, 0.1) is 10.1 Å². The normalized spacial score (nSPS) is 12.0. The average molecular weight is 508 g/mol. The zero-order chi connectivity index (χ0) is 25.6. The molecule has 0 aliphatic carbocycles. The molecular weight excluding hydrogens is 489 g/mol. The molecule has 1 aromatic heterocycles. The fourth-order valence-corrected chi connectivity index (χ4v) is 3.50. The van der Waals surface area contributed by atoms with Crippen molar-refractivity contribution in [3.63, 3.8) is 0 Å². The lowest BCUT2D eigenvalue weighted by Crippen LogP contribution is -2.30. The minimum absolute atomic E-state index is 0.0661. The van der Waals surface area contributed by atoms with E-state index in [1.54, 1.807) is 6.07 Å². The summed E-state index contributed by atoms with van der Waals surface area (Å²) in [4.78, 5) is 15.6. The molecule has 1 N–H and O–H groups in total. The van der Waals surface area contributed by atoms with Crippen molar-refractivity contribution in [3.8, 4) is 0 Å². The molecule has 0 aliphatic rings. The number of anilines is 2. The van der Waals surface area contributed by atoms with Gasteiger partial charge < -0.3 is 4.90 Å². The summed E-state index contributed by atoms with van der Waals surface area (Å²) in [6.07, 6.45) is 0.938. The number of halogens is 3. The molecule has 0 saturated carbocycles. The molecule has 3 aromatic rings. The highest BCUT2D eigenvalue weighted by molar-refractivity contribution is 7.93. The Morgan fingerprint density at radius 1 is 1.09 bits per heavy atom. The Kier molecular flexibility index (Phi) is 7.64. The van der Waals surface area contributed by atoms with Crippen LogP contribution in [0.1, 0.15) is 12.5 Å². The van der Waals surface area contributed by atoms with Crippen molar-refractivity contribution in [1.29, 1.82) is 0 Å². The molecule has 10 nitrogen and oxygen atoms in total. The summed E-state index contributed by atoms with van der Waals surface area (Å²) in [6, 6.07) is 15.7. The third kappa shape index (κ3) is 6.50. The maximum atomic E-state index is 13.0. The monoisotopic (exact) mass is 508 g/mol. The maximum Gasteiger partial charge on any atom is 0.516 e. The van der Waals surface area contributed by atoms with E-state index in [0.29, 0.717) is 18.8 Å². The lowest BCUT2D eigenvalue weighted by molar-refractivity contribution is -0.385. The van der Waals surface area contributed by atoms with Crippen LogP contribution in [0.3, 0.4) is 0 Å². The quantitative estimate of drug-likeness (QED) is 0.224. The Balaban J connectivity index is 1.98. The van der Waals surface area contributed by atoms with Crippen molar-refractivity contribution in [2.45, 2.75) is 19.0 Å². The number of pyridine rings is 1. The highest BCUT2D eigenvalue weighted by Crippen LogP contribution is 2.35. The first kappa shape index (κ1) is 25.6. The Hall–Kier alpha value is -4.07. The Morgan fingerprint density at radius 2 is 1.80 bits per heavy atom. The van der Waals surface area contributed by atoms with E-state index >= 15 is 0 Å². The van der Waals surface area contributed by atoms with E-state index in [1.807, 2.05) is 42.2 Å². The summed E-state index contributed by atoms with van der Waals surface area (Å²) in [5.74, 6) is -0.0661. The van der Waals surface area contributed by atoms with Crippen LogP contribution in [0.15, 0.2) is 77.1 Å². The summed E-state index contributed by atoms with van der Waals surface area (Å²) in [5, 5.41) is 18.3. The molecule has 0 radical (unpaired) electrons. The van der Waals surface area contributed by atoms with Crippen LogP contribution in [-0.4, -0.2) is 30.4 Å². The van der Waals surface area contributed by atoms with Gasteiger partial charge in [-0.1, -0.05) is 30.3 Å². The van der Waals surface area contributed by atoms with E-state index in [2.05, 4.69) is 15.2 Å². The summed E-state index contributed by atoms with van der Waals surface area (Å²) in [7, 11) is -5.74. The van der Waals surface area contributed by atoms with Gasteiger partial charge in [-0.15, -0.1) is 10.2 Å². The number of sulfonamides is 1. The number of rotatable bonds is 9. The molecule has 0 fully saturated rings. The van der Waals surface area contributed by atoms with Crippen molar-refractivity contribution in [2.24, 2.45) is 10.2 Å². The van der Waals surface area contributed by atoms with Gasteiger partial charge in [0.2, 0.25) is 0 Å². The van der Waals surface area contributed by atoms with Gasteiger partial charge in [-0.3, -0.25) is 14.8 Å². The topological polar surface area (TPSA) is 130 Å². The molecule has 0 aliphatic heterocycles. The Bertz CT molecular complexity index is 1320. The molecular formula is C21H19F3N6O4S. The van der Waals surface area contributed by atoms with Gasteiger partial charge in [0, 0.05) is 24.8 Å². The van der Waals surface area contributed by atoms with Crippen molar-refractivity contribution in [3.05, 3.63) is 82.5 Å². The van der Waals surface area contributed by atoms with E-state index in [0.717, 1.165) is 17.8 Å². The molecule has 2 aromatic carbocycles. The number of azo groups is 1. The standard InChI is InChI=1S/C21H19F3N6O4S/c1-2-29(14-15-6-4-3-5-7-15)16-8-10-18(19(12-16)28-35(33,34)21(22,23)24)26-27-20-11-9-17(13-25-20)30(31)32/h3-13,28H,2,14H2,1H3. The second-order valence-electron chi connectivity index (χ2n) is 7.08. The van der Waals surface area contributed by atoms with Gasteiger partial charge in [0.1, 0.15) is 11.9 Å². The van der Waals surface area contributed by atoms with Crippen LogP contribution in [0.5, 0.6) is 0 Å². The molecule has 0 saturated heterocycles. The zero-order valence-corrected chi connectivity index (χ0v) is 19.0. The number of nitrogens with one attached hydrogen (secondary N) is 1. The first-order chi connectivity index (χ1) is 16.5. The highest BCUT2D eigenvalue weighted by Gasteiger charge is 2.46. The summed E-state index contributed by atoms with van der Waals surface area (Å²) in [5.41, 5.74) is -5.10. The Morgan fingerprint density at radius 3 is 2.37 bits per heavy atom. The second kappa shape index (κ2) is 10.5. The molecule has 3 rings (SSSR count). The fraction of sp³-hybridized carbons (Fsp3) is 0.190. The number of alkyl halides is 3. The lowest BCUT2D eigenvalue weighted by atomic mass is 10.2. The number of nitrogens with zero attached hydrogens (tertiary/aromatic N) is 5. The lowest BCUT2D eigenvalue weighted by Gasteiger charge is -2.24. The van der Waals surface area contributed by atoms with Crippen LogP contribution in [0.25, 0.3) is 0 Å². The minimum atomic E-state index is -5.74. The van der Waals surface area contributed by atoms with E-state index in [-0.39, 0.29) is 17.2 Å². The Labute approximate surface area is 198 Å². The molecule has 0 unspecified atom stereocenters. The van der Waals surface area contributed by atoms with Crippen LogP contribution < -0.4 is 9.62 Å². The summed E-state index contributed by atoms with van der Waals surface area (Å²) < 4.78 is 64.2. The SMILES string of the molecule is CCN(Cc1ccccc1)c1ccc(N=Nc2ccc([N+](=O)[O-])cn2)c(NS(=O)(=O)C(F)(F)F)c1. The number of nitro groups is 1. The van der Waals surface area contributed by atoms with Crippen LogP contribution in [0.4, 0.5) is 41.7 Å². The molecule has 0 amide bonds. The molecule has 0 bridgehead atoms. The minimum Gasteiger partial charge on any atom is -0.367 e. The van der Waals surface area contributed by atoms with Gasteiger partial charge in [-0.05, 0) is 36.8 Å². The van der Waals surface area contributed by atoms with Gasteiger partial charge in [0.25, 0.3) is 5.69 Å².